The van der Waals surface area contributed by atoms with Crippen LogP contribution < -0.4 is 5.32 Å². The molecule has 0 radical (unpaired) electrons. The Morgan fingerprint density at radius 1 is 0.329 bits per heavy atom. The van der Waals surface area contributed by atoms with Crippen LogP contribution in [0.1, 0.15) is 412 Å². The van der Waals surface area contributed by atoms with Crippen LogP contribution in [0.4, 0.5) is 0 Å². The molecule has 0 spiro atoms. The van der Waals surface area contributed by atoms with Crippen LogP contribution in [0.5, 0.6) is 0 Å². The van der Waals surface area contributed by atoms with Crippen molar-refractivity contribution in [2.45, 2.75) is 424 Å². The highest BCUT2D eigenvalue weighted by Crippen LogP contribution is 2.19. The molecule has 0 aromatic carbocycles. The van der Waals surface area contributed by atoms with Crippen LogP contribution >= 0.6 is 0 Å². The molecule has 0 heterocycles. The van der Waals surface area contributed by atoms with E-state index in [2.05, 4.69) is 43.5 Å². The maximum Gasteiger partial charge on any atom is 0.305 e. The summed E-state index contributed by atoms with van der Waals surface area (Å²) in [5.41, 5.74) is 0. The van der Waals surface area contributed by atoms with E-state index in [0.29, 0.717) is 19.4 Å². The molecule has 82 heavy (non-hydrogen) atoms. The van der Waals surface area contributed by atoms with E-state index >= 15 is 0 Å². The summed E-state index contributed by atoms with van der Waals surface area (Å²) >= 11 is 0. The lowest BCUT2D eigenvalue weighted by Gasteiger charge is -2.20. The van der Waals surface area contributed by atoms with Gasteiger partial charge in [-0.1, -0.05) is 352 Å². The quantitative estimate of drug-likeness (QED) is 0.0320. The minimum atomic E-state index is -0.848. The molecule has 484 valence electrons. The third kappa shape index (κ3) is 67.2. The van der Waals surface area contributed by atoms with Gasteiger partial charge in [-0.15, -0.1) is 0 Å². The van der Waals surface area contributed by atoms with Crippen molar-refractivity contribution in [2.75, 3.05) is 13.2 Å². The van der Waals surface area contributed by atoms with Gasteiger partial charge in [-0.2, -0.15) is 0 Å². The number of esters is 1. The van der Waals surface area contributed by atoms with Crippen LogP contribution in [0.2, 0.25) is 0 Å². The molecule has 0 aliphatic heterocycles. The molecule has 3 N–H and O–H groups in total. The minimum Gasteiger partial charge on any atom is -0.466 e. The van der Waals surface area contributed by atoms with Crippen molar-refractivity contribution in [1.29, 1.82) is 0 Å². The molecule has 0 aromatic heterocycles. The lowest BCUT2D eigenvalue weighted by molar-refractivity contribution is -0.143. The minimum absolute atomic E-state index is 0.0133. The van der Waals surface area contributed by atoms with E-state index in [1.165, 1.54) is 340 Å². The molecule has 6 heteroatoms. The molecule has 0 aliphatic rings. The predicted octanol–water partition coefficient (Wildman–Crippen LogP) is 24.3. The van der Waals surface area contributed by atoms with Crippen LogP contribution in [0.3, 0.4) is 0 Å². The van der Waals surface area contributed by atoms with E-state index in [0.717, 1.165) is 44.9 Å². The standard InChI is InChI=1S/C76H145NO5/c1-3-5-7-9-11-13-15-17-19-21-23-29-33-36-40-44-48-52-56-60-64-68-74(79)73(72-78)77-75(80)69-65-61-57-53-49-45-41-37-34-30-27-25-24-26-28-31-35-39-43-47-51-55-59-63-67-71-82-76(81)70-66-62-58-54-50-46-42-38-32-22-20-18-16-14-12-10-8-6-4-2/h18,20,25,27,64,68,73-74,78-79H,3-17,19,21-24,26,28-63,65-67,69-72H2,1-2H3,(H,77,80)/b20-18-,27-25-,68-64+. The monoisotopic (exact) mass is 1150 g/mol. The molecule has 0 fully saturated rings. The average Bonchev–Trinajstić information content (AvgIpc) is 3.48. The lowest BCUT2D eigenvalue weighted by atomic mass is 10.0. The first kappa shape index (κ1) is 80.1. The Balaban J connectivity index is 3.41. The zero-order chi connectivity index (χ0) is 59.2. The third-order valence-electron chi connectivity index (χ3n) is 17.4. The van der Waals surface area contributed by atoms with Crippen LogP contribution in [0.25, 0.3) is 0 Å². The second-order valence-electron chi connectivity index (χ2n) is 25.6. The molecule has 0 aromatic rings. The maximum atomic E-state index is 12.5. The van der Waals surface area contributed by atoms with Gasteiger partial charge in [0.25, 0.3) is 0 Å². The first-order valence-corrected chi connectivity index (χ1v) is 37.3. The van der Waals surface area contributed by atoms with E-state index in [-0.39, 0.29) is 18.5 Å². The van der Waals surface area contributed by atoms with Crippen LogP contribution in [-0.2, 0) is 14.3 Å². The third-order valence-corrected chi connectivity index (χ3v) is 17.4. The number of ether oxygens (including phenoxy) is 1. The number of rotatable bonds is 70. The molecule has 0 aliphatic carbocycles. The normalized spacial score (nSPS) is 12.7. The van der Waals surface area contributed by atoms with E-state index in [4.69, 9.17) is 4.74 Å². The number of hydrogen-bond donors (Lipinski definition) is 3. The molecule has 0 bridgehead atoms. The Kier molecular flexibility index (Phi) is 69.9. The number of allylic oxidation sites excluding steroid dienone is 5. The van der Waals surface area contributed by atoms with Crippen LogP contribution in [0.15, 0.2) is 36.5 Å². The number of aliphatic hydroxyl groups excluding tert-OH is 2. The number of aliphatic hydroxyl groups is 2. The fraction of sp³-hybridized carbons (Fsp3) is 0.895. The Hall–Kier alpha value is -1.92. The second-order valence-corrected chi connectivity index (χ2v) is 25.6. The topological polar surface area (TPSA) is 95.9 Å². The highest BCUT2D eigenvalue weighted by atomic mass is 16.5. The zero-order valence-corrected chi connectivity index (χ0v) is 55.5. The number of carbonyl (C=O) groups is 2. The molecule has 0 saturated heterocycles. The molecular weight excluding hydrogens is 1010 g/mol. The van der Waals surface area contributed by atoms with Crippen molar-refractivity contribution in [3.8, 4) is 0 Å². The number of nitrogens with one attached hydrogen (secondary N) is 1. The Morgan fingerprint density at radius 3 is 0.866 bits per heavy atom. The number of amides is 1. The Morgan fingerprint density at radius 2 is 0.573 bits per heavy atom. The molecule has 2 atom stereocenters. The number of hydrogen-bond acceptors (Lipinski definition) is 5. The summed E-state index contributed by atoms with van der Waals surface area (Å²) in [6.45, 7) is 4.94. The Bertz CT molecular complexity index is 1330. The highest BCUT2D eigenvalue weighted by Gasteiger charge is 2.18. The molecule has 2 unspecified atom stereocenters. The van der Waals surface area contributed by atoms with Crippen molar-refractivity contribution in [2.24, 2.45) is 0 Å². The van der Waals surface area contributed by atoms with Gasteiger partial charge in [0, 0.05) is 12.8 Å². The fourth-order valence-electron chi connectivity index (χ4n) is 11.7. The van der Waals surface area contributed by atoms with Gasteiger partial charge >= 0.3 is 5.97 Å². The first-order valence-electron chi connectivity index (χ1n) is 37.3. The van der Waals surface area contributed by atoms with Crippen molar-refractivity contribution in [1.82, 2.24) is 5.32 Å². The second kappa shape index (κ2) is 71.6. The molecule has 6 nitrogen and oxygen atoms in total. The zero-order valence-electron chi connectivity index (χ0n) is 55.5. The van der Waals surface area contributed by atoms with Crippen LogP contribution in [0, 0.1) is 0 Å². The summed E-state index contributed by atoms with van der Waals surface area (Å²) in [7, 11) is 0. The van der Waals surface area contributed by atoms with E-state index in [1.54, 1.807) is 6.08 Å². The Labute approximate surface area is 513 Å². The van der Waals surface area contributed by atoms with Crippen molar-refractivity contribution in [3.63, 3.8) is 0 Å². The van der Waals surface area contributed by atoms with Gasteiger partial charge in [0.05, 0.1) is 25.4 Å². The summed E-state index contributed by atoms with van der Waals surface area (Å²) in [6, 6.07) is -0.632. The average molecular weight is 1150 g/mol. The molecular formula is C76H145NO5. The molecule has 0 saturated carbocycles. The van der Waals surface area contributed by atoms with Gasteiger partial charge in [0.2, 0.25) is 5.91 Å². The largest absolute Gasteiger partial charge is 0.466 e. The van der Waals surface area contributed by atoms with Gasteiger partial charge in [-0.05, 0) is 83.5 Å². The first-order chi connectivity index (χ1) is 40.5. The van der Waals surface area contributed by atoms with Crippen LogP contribution in [-0.4, -0.2) is 47.4 Å². The van der Waals surface area contributed by atoms with E-state index in [1.807, 2.05) is 6.08 Å². The summed E-state index contributed by atoms with van der Waals surface area (Å²) in [5.74, 6) is -0.0539. The van der Waals surface area contributed by atoms with Crippen molar-refractivity contribution in [3.05, 3.63) is 36.5 Å². The molecule has 0 rings (SSSR count). The smallest absolute Gasteiger partial charge is 0.305 e. The lowest BCUT2D eigenvalue weighted by Crippen LogP contribution is -2.45. The summed E-state index contributed by atoms with van der Waals surface area (Å²) < 4.78 is 5.51. The SMILES string of the molecule is CCCCCCCC/C=C\CCCCCCCCCCCC(=O)OCCCCCCCCCCCCCC/C=C\CCCCCCCCCCCC(=O)NC(CO)C(O)/C=C/CCCCCCCCCCCCCCCCCCCCC. The fourth-order valence-corrected chi connectivity index (χ4v) is 11.7. The number of carbonyl (C=O) groups excluding carboxylic acids is 2. The highest BCUT2D eigenvalue weighted by molar-refractivity contribution is 5.76. The van der Waals surface area contributed by atoms with Gasteiger partial charge in [-0.25, -0.2) is 0 Å². The van der Waals surface area contributed by atoms with Gasteiger partial charge in [0.15, 0.2) is 0 Å². The van der Waals surface area contributed by atoms with Gasteiger partial charge in [-0.3, -0.25) is 9.59 Å². The maximum absolute atomic E-state index is 12.5. The van der Waals surface area contributed by atoms with E-state index < -0.39 is 12.1 Å². The van der Waals surface area contributed by atoms with Crippen molar-refractivity contribution >= 4 is 11.9 Å². The number of unbranched alkanes of at least 4 members (excludes halogenated alkanes) is 55. The summed E-state index contributed by atoms with van der Waals surface area (Å²) in [5, 5.41) is 23.3. The van der Waals surface area contributed by atoms with E-state index in [9.17, 15) is 19.8 Å². The van der Waals surface area contributed by atoms with Gasteiger partial charge in [0.1, 0.15) is 0 Å². The van der Waals surface area contributed by atoms with Crippen molar-refractivity contribution < 1.29 is 24.5 Å². The molecule has 1 amide bonds. The predicted molar refractivity (Wildman–Crippen MR) is 361 cm³/mol. The summed E-state index contributed by atoms with van der Waals surface area (Å²) in [4.78, 5) is 24.7. The summed E-state index contributed by atoms with van der Waals surface area (Å²) in [6.07, 6.45) is 92.3. The van der Waals surface area contributed by atoms with Gasteiger partial charge < -0.3 is 20.3 Å².